The molecule has 0 spiro atoms. The summed E-state index contributed by atoms with van der Waals surface area (Å²) < 4.78 is 5.19. The second kappa shape index (κ2) is 6.47. The highest BCUT2D eigenvalue weighted by molar-refractivity contribution is 5.48. The first-order chi connectivity index (χ1) is 8.17. The molecule has 1 aromatic rings. The molecule has 92 valence electrons. The molecule has 0 amide bonds. The molecule has 6 heteroatoms. The van der Waals surface area contributed by atoms with Crippen LogP contribution in [-0.4, -0.2) is 23.1 Å². The first kappa shape index (κ1) is 13.0. The zero-order valence-corrected chi connectivity index (χ0v) is 9.68. The predicted octanol–water partition coefficient (Wildman–Crippen LogP) is 2.38. The average Bonchev–Trinajstić information content (AvgIpc) is 2.33. The fraction of sp³-hybridized carbons (Fsp3) is 0.364. The predicted molar refractivity (Wildman–Crippen MR) is 65.4 cm³/mol. The number of hydrogen-bond acceptors (Lipinski definition) is 5. The second-order valence-corrected chi connectivity index (χ2v) is 3.33. The number of hydrogen-bond donors (Lipinski definition) is 1. The van der Waals surface area contributed by atoms with E-state index in [1.807, 2.05) is 6.92 Å². The highest BCUT2D eigenvalue weighted by atomic mass is 16.6. The third kappa shape index (κ3) is 4.10. The molecule has 0 aromatic carbocycles. The van der Waals surface area contributed by atoms with E-state index in [4.69, 9.17) is 4.74 Å². The topological polar surface area (TPSA) is 77.3 Å². The van der Waals surface area contributed by atoms with E-state index in [2.05, 4.69) is 16.9 Å². The molecule has 0 unspecified atom stereocenters. The van der Waals surface area contributed by atoms with Crippen molar-refractivity contribution < 1.29 is 9.66 Å². The minimum atomic E-state index is -0.473. The Labute approximate surface area is 99.5 Å². The van der Waals surface area contributed by atoms with Crippen molar-refractivity contribution >= 4 is 11.5 Å². The van der Waals surface area contributed by atoms with Gasteiger partial charge in [0.25, 0.3) is 5.69 Å². The Bertz CT molecular complexity index is 407. The van der Waals surface area contributed by atoms with Gasteiger partial charge >= 0.3 is 0 Å². The van der Waals surface area contributed by atoms with Crippen LogP contribution in [0, 0.1) is 10.1 Å². The molecule has 0 aliphatic carbocycles. The third-order valence-electron chi connectivity index (χ3n) is 1.90. The quantitative estimate of drug-likeness (QED) is 0.447. The molecule has 1 aromatic heterocycles. The van der Waals surface area contributed by atoms with Crippen molar-refractivity contribution in [2.45, 2.75) is 13.3 Å². The number of anilines is 1. The van der Waals surface area contributed by atoms with Crippen LogP contribution in [0.4, 0.5) is 11.5 Å². The summed E-state index contributed by atoms with van der Waals surface area (Å²) >= 11 is 0. The number of pyridine rings is 1. The van der Waals surface area contributed by atoms with Gasteiger partial charge in [-0.15, -0.1) is 0 Å². The van der Waals surface area contributed by atoms with Crippen LogP contribution in [0.3, 0.4) is 0 Å². The molecule has 0 radical (unpaired) electrons. The monoisotopic (exact) mass is 237 g/mol. The van der Waals surface area contributed by atoms with Gasteiger partial charge in [0.15, 0.2) is 0 Å². The van der Waals surface area contributed by atoms with E-state index in [0.29, 0.717) is 12.4 Å². The standard InChI is InChI=1S/C11H15N3O3/c1-3-5-12-10-7-9(14(15)16)8-11(13-10)17-6-4-2/h4,7-8H,2-3,5-6H2,1H3,(H,12,13). The molecule has 0 saturated carbocycles. The van der Waals surface area contributed by atoms with Crippen LogP contribution in [0.1, 0.15) is 13.3 Å². The van der Waals surface area contributed by atoms with Crippen molar-refractivity contribution in [1.82, 2.24) is 4.98 Å². The van der Waals surface area contributed by atoms with E-state index < -0.39 is 4.92 Å². The smallest absolute Gasteiger partial charge is 0.278 e. The van der Waals surface area contributed by atoms with Gasteiger partial charge in [-0.25, -0.2) is 0 Å². The van der Waals surface area contributed by atoms with Crippen LogP contribution in [0.25, 0.3) is 0 Å². The van der Waals surface area contributed by atoms with E-state index in [1.165, 1.54) is 12.1 Å². The Balaban J connectivity index is 2.91. The number of ether oxygens (including phenoxy) is 1. The summed E-state index contributed by atoms with van der Waals surface area (Å²) in [6.45, 7) is 6.47. The van der Waals surface area contributed by atoms with Crippen LogP contribution in [0.2, 0.25) is 0 Å². The molecule has 0 saturated heterocycles. The number of nitrogens with zero attached hydrogens (tertiary/aromatic N) is 2. The maximum Gasteiger partial charge on any atom is 0.278 e. The van der Waals surface area contributed by atoms with Gasteiger partial charge in [-0.3, -0.25) is 10.1 Å². The zero-order valence-electron chi connectivity index (χ0n) is 9.68. The SMILES string of the molecule is C=CCOc1cc([N+](=O)[O-])cc(NCCC)n1. The number of nitro groups is 1. The summed E-state index contributed by atoms with van der Waals surface area (Å²) in [5.74, 6) is 0.665. The highest BCUT2D eigenvalue weighted by Gasteiger charge is 2.11. The summed E-state index contributed by atoms with van der Waals surface area (Å²) in [6.07, 6.45) is 2.47. The molecular weight excluding hydrogens is 222 g/mol. The van der Waals surface area contributed by atoms with Crippen molar-refractivity contribution in [3.63, 3.8) is 0 Å². The average molecular weight is 237 g/mol. The van der Waals surface area contributed by atoms with Gasteiger partial charge in [0.05, 0.1) is 17.1 Å². The van der Waals surface area contributed by atoms with Crippen molar-refractivity contribution in [2.24, 2.45) is 0 Å². The van der Waals surface area contributed by atoms with Crippen LogP contribution in [0.5, 0.6) is 5.88 Å². The lowest BCUT2D eigenvalue weighted by molar-refractivity contribution is -0.384. The molecule has 0 atom stereocenters. The molecule has 0 aliphatic heterocycles. The lowest BCUT2D eigenvalue weighted by atomic mass is 10.3. The summed E-state index contributed by atoms with van der Waals surface area (Å²) in [5.41, 5.74) is -0.0438. The minimum absolute atomic E-state index is 0.0438. The minimum Gasteiger partial charge on any atom is -0.473 e. The van der Waals surface area contributed by atoms with E-state index in [0.717, 1.165) is 6.42 Å². The summed E-state index contributed by atoms with van der Waals surface area (Å²) in [4.78, 5) is 14.4. The Kier molecular flexibility index (Phi) is 4.93. The molecule has 0 aliphatic rings. The number of nitrogens with one attached hydrogen (secondary N) is 1. The van der Waals surface area contributed by atoms with Gasteiger partial charge in [-0.1, -0.05) is 19.6 Å². The molecule has 1 heterocycles. The van der Waals surface area contributed by atoms with Crippen LogP contribution < -0.4 is 10.1 Å². The van der Waals surface area contributed by atoms with E-state index in [1.54, 1.807) is 6.08 Å². The number of rotatable bonds is 7. The molecule has 17 heavy (non-hydrogen) atoms. The lowest BCUT2D eigenvalue weighted by Crippen LogP contribution is -2.05. The van der Waals surface area contributed by atoms with Crippen molar-refractivity contribution in [3.8, 4) is 5.88 Å². The summed E-state index contributed by atoms with van der Waals surface area (Å²) in [7, 11) is 0. The van der Waals surface area contributed by atoms with Crippen LogP contribution in [0.15, 0.2) is 24.8 Å². The van der Waals surface area contributed by atoms with Gasteiger partial charge < -0.3 is 10.1 Å². The molecule has 0 fully saturated rings. The Morgan fingerprint density at radius 1 is 1.65 bits per heavy atom. The van der Waals surface area contributed by atoms with Gasteiger partial charge in [0.1, 0.15) is 12.4 Å². The third-order valence-corrected chi connectivity index (χ3v) is 1.90. The Hall–Kier alpha value is -2.11. The van der Waals surface area contributed by atoms with Crippen LogP contribution in [-0.2, 0) is 0 Å². The normalized spacial score (nSPS) is 9.71. The van der Waals surface area contributed by atoms with Crippen LogP contribution >= 0.6 is 0 Å². The van der Waals surface area contributed by atoms with Crippen molar-refractivity contribution in [1.29, 1.82) is 0 Å². The Morgan fingerprint density at radius 3 is 3.00 bits per heavy atom. The highest BCUT2D eigenvalue weighted by Crippen LogP contribution is 2.22. The number of aromatic nitrogens is 1. The lowest BCUT2D eigenvalue weighted by Gasteiger charge is -2.07. The van der Waals surface area contributed by atoms with Crippen molar-refractivity contribution in [2.75, 3.05) is 18.5 Å². The van der Waals surface area contributed by atoms with E-state index in [-0.39, 0.29) is 18.2 Å². The fourth-order valence-corrected chi connectivity index (χ4v) is 1.16. The molecule has 1 rings (SSSR count). The maximum atomic E-state index is 10.7. The summed E-state index contributed by atoms with van der Waals surface area (Å²) in [6, 6.07) is 2.68. The second-order valence-electron chi connectivity index (χ2n) is 3.33. The maximum absolute atomic E-state index is 10.7. The molecule has 6 nitrogen and oxygen atoms in total. The van der Waals surface area contributed by atoms with Gasteiger partial charge in [0, 0.05) is 6.54 Å². The van der Waals surface area contributed by atoms with Crippen molar-refractivity contribution in [3.05, 3.63) is 34.9 Å². The van der Waals surface area contributed by atoms with Gasteiger partial charge in [-0.05, 0) is 6.42 Å². The molecule has 1 N–H and O–H groups in total. The van der Waals surface area contributed by atoms with E-state index in [9.17, 15) is 10.1 Å². The molecular formula is C11H15N3O3. The Morgan fingerprint density at radius 2 is 2.41 bits per heavy atom. The fourth-order valence-electron chi connectivity index (χ4n) is 1.16. The first-order valence-electron chi connectivity index (χ1n) is 5.31. The van der Waals surface area contributed by atoms with Gasteiger partial charge in [-0.2, -0.15) is 4.98 Å². The molecule has 0 bridgehead atoms. The zero-order chi connectivity index (χ0) is 12.7. The summed E-state index contributed by atoms with van der Waals surface area (Å²) in [5, 5.41) is 13.7. The first-order valence-corrected chi connectivity index (χ1v) is 5.31. The van der Waals surface area contributed by atoms with Gasteiger partial charge in [0.2, 0.25) is 5.88 Å². The van der Waals surface area contributed by atoms with E-state index >= 15 is 0 Å². The largest absolute Gasteiger partial charge is 0.473 e.